The highest BCUT2D eigenvalue weighted by Crippen LogP contribution is 2.23. The molecular weight excluding hydrogens is 540 g/mol. The van der Waals surface area contributed by atoms with E-state index in [1.165, 1.54) is 0 Å². The van der Waals surface area contributed by atoms with Crippen LogP contribution in [-0.2, 0) is 37.0 Å². The summed E-state index contributed by atoms with van der Waals surface area (Å²) in [5.41, 5.74) is 1.52. The Morgan fingerprint density at radius 1 is 0.857 bits per heavy atom. The van der Waals surface area contributed by atoms with Crippen LogP contribution in [0.3, 0.4) is 0 Å². The molecule has 1 heterocycles. The van der Waals surface area contributed by atoms with Crippen LogP contribution in [-0.4, -0.2) is 59.2 Å². The minimum absolute atomic E-state index is 0.113. The fourth-order valence-corrected chi connectivity index (χ4v) is 4.20. The molecule has 3 aromatic rings. The maximum absolute atomic E-state index is 13.1. The van der Waals surface area contributed by atoms with Crippen molar-refractivity contribution in [1.29, 1.82) is 0 Å². The monoisotopic (exact) mass is 574 g/mol. The molecule has 0 aromatic heterocycles. The molecule has 0 aliphatic carbocycles. The molecule has 1 aliphatic rings. The van der Waals surface area contributed by atoms with E-state index in [4.69, 9.17) is 19.1 Å². The average Bonchev–Trinajstić information content (AvgIpc) is 3.22. The van der Waals surface area contributed by atoms with Crippen molar-refractivity contribution >= 4 is 24.2 Å². The third kappa shape index (κ3) is 8.02. The smallest absolute Gasteiger partial charge is 0.332 e. The van der Waals surface area contributed by atoms with E-state index in [-0.39, 0.29) is 26.2 Å². The molecule has 0 unspecified atom stereocenters. The minimum Gasteiger partial charge on any atom is -0.494 e. The first-order valence-electron chi connectivity index (χ1n) is 13.6. The highest BCUT2D eigenvalue weighted by Gasteiger charge is 2.36. The minimum atomic E-state index is -1.00. The van der Waals surface area contributed by atoms with E-state index in [1.807, 2.05) is 30.3 Å². The molecule has 10 heteroatoms. The molecule has 10 nitrogen and oxygen atoms in total. The van der Waals surface area contributed by atoms with E-state index in [2.05, 4.69) is 0 Å². The van der Waals surface area contributed by atoms with Gasteiger partial charge in [0.15, 0.2) is 6.04 Å². The average molecular weight is 575 g/mol. The van der Waals surface area contributed by atoms with Gasteiger partial charge in [0.2, 0.25) is 6.41 Å². The zero-order chi connectivity index (χ0) is 30.1. The van der Waals surface area contributed by atoms with Gasteiger partial charge in [0.05, 0.1) is 24.3 Å². The number of imide groups is 1. The first-order chi connectivity index (χ1) is 20.2. The SMILES string of the molecule is CC(C)(C)OC(=O)[C@H](Cc1ccc(OCCCON2C(=O)c3ccccc3C2=O)cc1)N(C=O)OCc1ccccc1. The van der Waals surface area contributed by atoms with Crippen LogP contribution in [0.1, 0.15) is 59.0 Å². The highest BCUT2D eigenvalue weighted by molar-refractivity contribution is 6.20. The summed E-state index contributed by atoms with van der Waals surface area (Å²) in [6.07, 6.45) is 1.08. The van der Waals surface area contributed by atoms with E-state index in [0.717, 1.165) is 21.3 Å². The number of hydroxylamine groups is 4. The van der Waals surface area contributed by atoms with Crippen LogP contribution in [0.15, 0.2) is 78.9 Å². The zero-order valence-electron chi connectivity index (χ0n) is 23.9. The first kappa shape index (κ1) is 30.4. The van der Waals surface area contributed by atoms with Crippen molar-refractivity contribution in [3.8, 4) is 5.75 Å². The molecule has 0 bridgehead atoms. The van der Waals surface area contributed by atoms with Crippen LogP contribution < -0.4 is 4.74 Å². The molecule has 0 saturated carbocycles. The van der Waals surface area contributed by atoms with Gasteiger partial charge in [-0.1, -0.05) is 54.6 Å². The zero-order valence-corrected chi connectivity index (χ0v) is 23.9. The van der Waals surface area contributed by atoms with Gasteiger partial charge >= 0.3 is 5.97 Å². The molecule has 42 heavy (non-hydrogen) atoms. The number of nitrogens with zero attached hydrogens (tertiary/aromatic N) is 2. The Kier molecular flexibility index (Phi) is 10.1. The van der Waals surface area contributed by atoms with Crippen LogP contribution in [0, 0.1) is 0 Å². The number of esters is 1. The number of carbonyl (C=O) groups is 4. The molecule has 1 aliphatic heterocycles. The number of benzene rings is 3. The molecule has 0 saturated heterocycles. The van der Waals surface area contributed by atoms with Crippen molar-refractivity contribution < 1.29 is 38.3 Å². The van der Waals surface area contributed by atoms with Gasteiger partial charge in [-0.15, -0.1) is 5.06 Å². The number of rotatable bonds is 14. The summed E-state index contributed by atoms with van der Waals surface area (Å²) in [5.74, 6) is -0.951. The number of hydrogen-bond acceptors (Lipinski definition) is 8. The largest absolute Gasteiger partial charge is 0.494 e. The van der Waals surface area contributed by atoms with Crippen molar-refractivity contribution in [3.63, 3.8) is 0 Å². The van der Waals surface area contributed by atoms with Gasteiger partial charge in [-0.25, -0.2) is 9.86 Å². The molecule has 3 amide bonds. The van der Waals surface area contributed by atoms with E-state index < -0.39 is 29.4 Å². The lowest BCUT2D eigenvalue weighted by Crippen LogP contribution is -2.45. The Balaban J connectivity index is 1.29. The van der Waals surface area contributed by atoms with Crippen LogP contribution >= 0.6 is 0 Å². The summed E-state index contributed by atoms with van der Waals surface area (Å²) in [4.78, 5) is 60.9. The summed E-state index contributed by atoms with van der Waals surface area (Å²) in [6.45, 7) is 5.79. The van der Waals surface area contributed by atoms with Crippen LogP contribution in [0.4, 0.5) is 0 Å². The molecule has 0 N–H and O–H groups in total. The number of hydrogen-bond donors (Lipinski definition) is 0. The van der Waals surface area contributed by atoms with Gasteiger partial charge in [0.1, 0.15) is 18.0 Å². The third-order valence-corrected chi connectivity index (χ3v) is 6.20. The molecule has 220 valence electrons. The van der Waals surface area contributed by atoms with Gasteiger partial charge in [0, 0.05) is 12.8 Å². The van der Waals surface area contributed by atoms with Gasteiger partial charge in [-0.05, 0) is 56.2 Å². The summed E-state index contributed by atoms with van der Waals surface area (Å²) < 4.78 is 11.3. The number of ether oxygens (including phenoxy) is 2. The van der Waals surface area contributed by atoms with Gasteiger partial charge in [-0.3, -0.25) is 24.1 Å². The Labute approximate surface area is 244 Å². The molecule has 1 atom stereocenters. The lowest BCUT2D eigenvalue weighted by atomic mass is 10.1. The fraction of sp³-hybridized carbons (Fsp3) is 0.312. The van der Waals surface area contributed by atoms with E-state index in [9.17, 15) is 19.2 Å². The normalized spacial score (nSPS) is 13.5. The standard InChI is InChI=1S/C32H34N2O8/c1-32(2,3)42-31(38)28(33(22-35)41-21-24-10-5-4-6-11-24)20-23-14-16-25(17-15-23)39-18-9-19-40-34-29(36)26-12-7-8-13-27(26)30(34)37/h4-8,10-17,22,28H,9,18-21H2,1-3H3/t28-/m0/s1. The lowest BCUT2D eigenvalue weighted by molar-refractivity contribution is -0.207. The number of fused-ring (bicyclic) bond motifs is 1. The molecule has 4 rings (SSSR count). The van der Waals surface area contributed by atoms with Crippen molar-refractivity contribution in [3.05, 3.63) is 101 Å². The number of carbonyl (C=O) groups excluding carboxylic acids is 4. The predicted molar refractivity (Wildman–Crippen MR) is 152 cm³/mol. The van der Waals surface area contributed by atoms with Crippen LogP contribution in [0.25, 0.3) is 0 Å². The second kappa shape index (κ2) is 13.9. The van der Waals surface area contributed by atoms with Gasteiger partial charge in [-0.2, -0.15) is 0 Å². The lowest BCUT2D eigenvalue weighted by Gasteiger charge is -2.29. The Hall–Kier alpha value is -4.54. The van der Waals surface area contributed by atoms with E-state index in [0.29, 0.717) is 29.7 Å². The van der Waals surface area contributed by atoms with Crippen molar-refractivity contribution in [2.45, 2.75) is 51.9 Å². The molecule has 0 fully saturated rings. The van der Waals surface area contributed by atoms with E-state index in [1.54, 1.807) is 69.3 Å². The molecular formula is C32H34N2O8. The van der Waals surface area contributed by atoms with Crippen LogP contribution in [0.2, 0.25) is 0 Å². The summed E-state index contributed by atoms with van der Waals surface area (Å²) in [5, 5.41) is 1.78. The maximum atomic E-state index is 13.1. The van der Waals surface area contributed by atoms with E-state index >= 15 is 0 Å². The summed E-state index contributed by atoms with van der Waals surface area (Å²) in [7, 11) is 0. The Morgan fingerprint density at radius 2 is 1.48 bits per heavy atom. The van der Waals surface area contributed by atoms with Crippen molar-refractivity contribution in [2.75, 3.05) is 13.2 Å². The number of amides is 3. The quantitative estimate of drug-likeness (QED) is 0.0908. The molecule has 0 radical (unpaired) electrons. The Bertz CT molecular complexity index is 1350. The maximum Gasteiger partial charge on any atom is 0.332 e. The van der Waals surface area contributed by atoms with Gasteiger partial charge in [0.25, 0.3) is 11.8 Å². The second-order valence-corrected chi connectivity index (χ2v) is 10.6. The highest BCUT2D eigenvalue weighted by atomic mass is 16.7. The fourth-order valence-electron chi connectivity index (χ4n) is 4.20. The Morgan fingerprint density at radius 3 is 2.07 bits per heavy atom. The third-order valence-electron chi connectivity index (χ3n) is 6.20. The summed E-state index contributed by atoms with van der Waals surface area (Å²) in [6, 6.07) is 22.0. The second-order valence-electron chi connectivity index (χ2n) is 10.6. The van der Waals surface area contributed by atoms with Gasteiger partial charge < -0.3 is 9.47 Å². The first-order valence-corrected chi connectivity index (χ1v) is 13.6. The summed E-state index contributed by atoms with van der Waals surface area (Å²) >= 11 is 0. The van der Waals surface area contributed by atoms with Crippen LogP contribution in [0.5, 0.6) is 5.75 Å². The predicted octanol–water partition coefficient (Wildman–Crippen LogP) is 4.53. The molecule has 0 spiro atoms. The topological polar surface area (TPSA) is 112 Å². The molecule has 3 aromatic carbocycles. The van der Waals surface area contributed by atoms with Crippen molar-refractivity contribution in [1.82, 2.24) is 10.1 Å². The van der Waals surface area contributed by atoms with Crippen molar-refractivity contribution in [2.24, 2.45) is 0 Å².